The van der Waals surface area contributed by atoms with Crippen molar-refractivity contribution in [1.82, 2.24) is 0 Å². The molecule has 0 aliphatic heterocycles. The molecule has 1 aliphatic rings. The molecule has 0 spiro atoms. The van der Waals surface area contributed by atoms with Crippen LogP contribution in [-0.4, -0.2) is 24.4 Å². The van der Waals surface area contributed by atoms with E-state index in [1.807, 2.05) is 0 Å². The summed E-state index contributed by atoms with van der Waals surface area (Å²) in [6, 6.07) is 6.05. The van der Waals surface area contributed by atoms with Crippen molar-refractivity contribution >= 4 is 17.3 Å². The molecular formula is C15H21N3O3. The zero-order valence-corrected chi connectivity index (χ0v) is 12.2. The predicted octanol–water partition coefficient (Wildman–Crippen LogP) is 2.32. The minimum absolute atomic E-state index is 0.0251. The number of nitrogens with zero attached hydrogens (tertiary/aromatic N) is 2. The number of anilines is 1. The van der Waals surface area contributed by atoms with Crippen LogP contribution in [0.1, 0.15) is 25.7 Å². The largest absolute Gasteiger partial charge is 0.330 e. The number of carbonyl (C=O) groups excluding carboxylic acids is 1. The lowest BCUT2D eigenvalue weighted by atomic mass is 9.78. The molecule has 6 nitrogen and oxygen atoms in total. The minimum Gasteiger partial charge on any atom is -0.330 e. The van der Waals surface area contributed by atoms with Crippen LogP contribution in [0.2, 0.25) is 0 Å². The van der Waals surface area contributed by atoms with Crippen molar-refractivity contribution in [3.05, 3.63) is 34.4 Å². The van der Waals surface area contributed by atoms with Crippen LogP contribution in [0.15, 0.2) is 24.3 Å². The Hall–Kier alpha value is -1.95. The molecular weight excluding hydrogens is 270 g/mol. The van der Waals surface area contributed by atoms with E-state index in [4.69, 9.17) is 5.73 Å². The van der Waals surface area contributed by atoms with Gasteiger partial charge in [0.05, 0.1) is 4.92 Å². The van der Waals surface area contributed by atoms with Crippen LogP contribution < -0.4 is 10.6 Å². The van der Waals surface area contributed by atoms with Crippen molar-refractivity contribution in [3.63, 3.8) is 0 Å². The van der Waals surface area contributed by atoms with Gasteiger partial charge in [-0.25, -0.2) is 0 Å². The van der Waals surface area contributed by atoms with Gasteiger partial charge in [0, 0.05) is 30.8 Å². The van der Waals surface area contributed by atoms with Gasteiger partial charge in [-0.2, -0.15) is 0 Å². The first-order valence-corrected chi connectivity index (χ1v) is 7.26. The van der Waals surface area contributed by atoms with E-state index in [1.54, 1.807) is 24.1 Å². The molecule has 6 heteroatoms. The van der Waals surface area contributed by atoms with Gasteiger partial charge >= 0.3 is 0 Å². The predicted molar refractivity (Wildman–Crippen MR) is 81.0 cm³/mol. The molecule has 0 heterocycles. The third-order valence-corrected chi connectivity index (χ3v) is 4.31. The zero-order chi connectivity index (χ0) is 15.4. The monoisotopic (exact) mass is 291 g/mol. The van der Waals surface area contributed by atoms with Gasteiger partial charge in [-0.1, -0.05) is 12.8 Å². The van der Waals surface area contributed by atoms with Gasteiger partial charge in [0.2, 0.25) is 5.91 Å². The zero-order valence-electron chi connectivity index (χ0n) is 12.2. The number of hydrogen-bond donors (Lipinski definition) is 1. The SMILES string of the molecule is CN(C(=O)C1CCCCC1CN)c1ccc([N+](=O)[O-])cc1. The van der Waals surface area contributed by atoms with Crippen LogP contribution in [0, 0.1) is 22.0 Å². The number of carbonyl (C=O) groups is 1. The van der Waals surface area contributed by atoms with E-state index in [0.717, 1.165) is 25.7 Å². The topological polar surface area (TPSA) is 89.5 Å². The second-order valence-electron chi connectivity index (χ2n) is 5.56. The molecule has 2 N–H and O–H groups in total. The Bertz CT molecular complexity index is 515. The quantitative estimate of drug-likeness (QED) is 0.681. The molecule has 0 radical (unpaired) electrons. The number of non-ortho nitro benzene ring substituents is 1. The van der Waals surface area contributed by atoms with Crippen molar-refractivity contribution in [2.24, 2.45) is 17.6 Å². The Morgan fingerprint density at radius 1 is 1.33 bits per heavy atom. The molecule has 1 amide bonds. The van der Waals surface area contributed by atoms with Crippen molar-refractivity contribution < 1.29 is 9.72 Å². The van der Waals surface area contributed by atoms with Crippen molar-refractivity contribution in [1.29, 1.82) is 0 Å². The maximum Gasteiger partial charge on any atom is 0.269 e. The Labute approximate surface area is 124 Å². The van der Waals surface area contributed by atoms with Gasteiger partial charge in [0.1, 0.15) is 0 Å². The van der Waals surface area contributed by atoms with Crippen LogP contribution in [0.25, 0.3) is 0 Å². The summed E-state index contributed by atoms with van der Waals surface area (Å²) in [5.74, 6) is 0.259. The average Bonchev–Trinajstić information content (AvgIpc) is 2.53. The third-order valence-electron chi connectivity index (χ3n) is 4.31. The Kier molecular flexibility index (Phi) is 4.90. The van der Waals surface area contributed by atoms with Crippen molar-refractivity contribution in [2.45, 2.75) is 25.7 Å². The van der Waals surface area contributed by atoms with Gasteiger partial charge in [-0.3, -0.25) is 14.9 Å². The first-order chi connectivity index (χ1) is 10.0. The number of rotatable bonds is 4. The van der Waals surface area contributed by atoms with Gasteiger partial charge < -0.3 is 10.6 Å². The highest BCUT2D eigenvalue weighted by molar-refractivity contribution is 5.94. The summed E-state index contributed by atoms with van der Waals surface area (Å²) < 4.78 is 0. The molecule has 2 rings (SSSR count). The van der Waals surface area contributed by atoms with E-state index in [2.05, 4.69) is 0 Å². The smallest absolute Gasteiger partial charge is 0.269 e. The fraction of sp³-hybridized carbons (Fsp3) is 0.533. The van der Waals surface area contributed by atoms with Crippen LogP contribution in [0.3, 0.4) is 0 Å². The normalized spacial score (nSPS) is 21.8. The molecule has 1 aromatic carbocycles. The Balaban J connectivity index is 2.12. The number of amides is 1. The Morgan fingerprint density at radius 2 is 1.95 bits per heavy atom. The highest BCUT2D eigenvalue weighted by Crippen LogP contribution is 2.32. The number of nitro groups is 1. The standard InChI is InChI=1S/C15H21N3O3/c1-17(12-6-8-13(9-7-12)18(20)21)15(19)14-5-3-2-4-11(14)10-16/h6-9,11,14H,2-5,10,16H2,1H3. The van der Waals surface area contributed by atoms with Gasteiger partial charge in [0.25, 0.3) is 5.69 Å². The van der Waals surface area contributed by atoms with E-state index < -0.39 is 4.92 Å². The molecule has 2 unspecified atom stereocenters. The molecule has 0 saturated heterocycles. The maximum absolute atomic E-state index is 12.6. The van der Waals surface area contributed by atoms with Crippen molar-refractivity contribution in [3.8, 4) is 0 Å². The van der Waals surface area contributed by atoms with E-state index in [-0.39, 0.29) is 23.4 Å². The highest BCUT2D eigenvalue weighted by atomic mass is 16.6. The van der Waals surface area contributed by atoms with Crippen LogP contribution in [0.4, 0.5) is 11.4 Å². The van der Waals surface area contributed by atoms with E-state index in [9.17, 15) is 14.9 Å². The first kappa shape index (κ1) is 15.4. The molecule has 21 heavy (non-hydrogen) atoms. The number of nitro benzene ring substituents is 1. The number of benzene rings is 1. The van der Waals surface area contributed by atoms with Gasteiger partial charge in [0.15, 0.2) is 0 Å². The second kappa shape index (κ2) is 6.67. The third kappa shape index (κ3) is 3.39. The second-order valence-corrected chi connectivity index (χ2v) is 5.56. The fourth-order valence-electron chi connectivity index (χ4n) is 2.99. The van der Waals surface area contributed by atoms with E-state index >= 15 is 0 Å². The Morgan fingerprint density at radius 3 is 2.52 bits per heavy atom. The van der Waals surface area contributed by atoms with Crippen LogP contribution in [0.5, 0.6) is 0 Å². The summed E-state index contributed by atoms with van der Waals surface area (Å²) in [4.78, 5) is 24.4. The lowest BCUT2D eigenvalue weighted by molar-refractivity contribution is -0.384. The molecule has 2 atom stereocenters. The summed E-state index contributed by atoms with van der Waals surface area (Å²) >= 11 is 0. The van der Waals surface area contributed by atoms with Gasteiger partial charge in [-0.05, 0) is 37.4 Å². The lowest BCUT2D eigenvalue weighted by Gasteiger charge is -2.32. The van der Waals surface area contributed by atoms with Gasteiger partial charge in [-0.15, -0.1) is 0 Å². The lowest BCUT2D eigenvalue weighted by Crippen LogP contribution is -2.40. The molecule has 1 aliphatic carbocycles. The molecule has 0 bridgehead atoms. The van der Waals surface area contributed by atoms with Crippen LogP contribution in [-0.2, 0) is 4.79 Å². The number of hydrogen-bond acceptors (Lipinski definition) is 4. The summed E-state index contributed by atoms with van der Waals surface area (Å²) in [6.45, 7) is 0.532. The van der Waals surface area contributed by atoms with E-state index in [0.29, 0.717) is 12.2 Å². The molecule has 1 saturated carbocycles. The minimum atomic E-state index is -0.447. The molecule has 1 fully saturated rings. The van der Waals surface area contributed by atoms with E-state index in [1.165, 1.54) is 12.1 Å². The highest BCUT2D eigenvalue weighted by Gasteiger charge is 2.32. The summed E-state index contributed by atoms with van der Waals surface area (Å²) in [6.07, 6.45) is 4.06. The summed E-state index contributed by atoms with van der Waals surface area (Å²) in [5.41, 5.74) is 6.48. The molecule has 0 aromatic heterocycles. The van der Waals surface area contributed by atoms with Crippen LogP contribution >= 0.6 is 0 Å². The first-order valence-electron chi connectivity index (χ1n) is 7.26. The summed E-state index contributed by atoms with van der Waals surface area (Å²) in [7, 11) is 1.71. The summed E-state index contributed by atoms with van der Waals surface area (Å²) in [5, 5.41) is 10.7. The average molecular weight is 291 g/mol. The number of nitrogens with two attached hydrogens (primary N) is 1. The molecule has 1 aromatic rings. The van der Waals surface area contributed by atoms with Crippen molar-refractivity contribution in [2.75, 3.05) is 18.5 Å². The maximum atomic E-state index is 12.6. The molecule has 114 valence electrons. The fourth-order valence-corrected chi connectivity index (χ4v) is 2.99.